The molecule has 3 rings (SSSR count). The van der Waals surface area contributed by atoms with Crippen LogP contribution in [0.15, 0.2) is 11.4 Å². The van der Waals surface area contributed by atoms with Crippen LogP contribution in [0.5, 0.6) is 0 Å². The number of carbonyl (C=O) groups is 2. The molecule has 0 aliphatic carbocycles. The van der Waals surface area contributed by atoms with Crippen molar-refractivity contribution in [1.29, 1.82) is 0 Å². The van der Waals surface area contributed by atoms with Crippen LogP contribution in [0.4, 0.5) is 0 Å². The molecule has 1 N–H and O–H groups in total. The number of carbonyl (C=O) groups excluding carboxylic acids is 2. The number of piperidine rings is 1. The Labute approximate surface area is 173 Å². The van der Waals surface area contributed by atoms with Crippen LogP contribution < -0.4 is 5.32 Å². The van der Waals surface area contributed by atoms with Gasteiger partial charge in [-0.3, -0.25) is 19.4 Å². The van der Waals surface area contributed by atoms with Gasteiger partial charge in [-0.2, -0.15) is 0 Å². The van der Waals surface area contributed by atoms with Gasteiger partial charge in [0.2, 0.25) is 5.91 Å². The summed E-state index contributed by atoms with van der Waals surface area (Å²) < 4.78 is 0. The molecule has 0 saturated carbocycles. The number of hydrogen-bond donors (Lipinski definition) is 1. The van der Waals surface area contributed by atoms with E-state index in [-0.39, 0.29) is 11.7 Å². The second kappa shape index (κ2) is 10.5. The summed E-state index contributed by atoms with van der Waals surface area (Å²) in [5.41, 5.74) is 1.25. The van der Waals surface area contributed by atoms with E-state index in [1.807, 2.05) is 6.07 Å². The number of likely N-dealkylation sites (tertiary alicyclic amines) is 2. The molecule has 0 spiro atoms. The third-order valence-corrected chi connectivity index (χ3v) is 7.41. The van der Waals surface area contributed by atoms with Crippen LogP contribution in [0.2, 0.25) is 0 Å². The van der Waals surface area contributed by atoms with E-state index in [1.54, 1.807) is 18.3 Å². The number of ketones is 1. The summed E-state index contributed by atoms with van der Waals surface area (Å²) in [5.74, 6) is 1.04. The maximum absolute atomic E-state index is 12.2. The maximum atomic E-state index is 12.2. The fourth-order valence-electron chi connectivity index (χ4n) is 4.53. The smallest absolute Gasteiger partial charge is 0.220 e. The van der Waals surface area contributed by atoms with Crippen molar-refractivity contribution in [2.75, 3.05) is 32.7 Å². The summed E-state index contributed by atoms with van der Waals surface area (Å²) in [5, 5.41) is 5.27. The predicted molar refractivity (Wildman–Crippen MR) is 115 cm³/mol. The van der Waals surface area contributed by atoms with E-state index >= 15 is 0 Å². The van der Waals surface area contributed by atoms with Crippen molar-refractivity contribution in [3.63, 3.8) is 0 Å². The number of amides is 1. The van der Waals surface area contributed by atoms with Gasteiger partial charge in [-0.1, -0.05) is 6.92 Å². The van der Waals surface area contributed by atoms with E-state index < -0.39 is 0 Å². The zero-order chi connectivity index (χ0) is 19.9. The molecule has 1 atom stereocenters. The van der Waals surface area contributed by atoms with Crippen molar-refractivity contribution in [2.45, 2.75) is 65.0 Å². The van der Waals surface area contributed by atoms with Gasteiger partial charge in [-0.05, 0) is 88.1 Å². The molecule has 1 aromatic rings. The molecule has 156 valence electrons. The summed E-state index contributed by atoms with van der Waals surface area (Å²) in [6, 6.07) is 2.57. The minimum atomic E-state index is 0.156. The third kappa shape index (κ3) is 6.13. The Bertz CT molecular complexity index is 652. The highest BCUT2D eigenvalue weighted by molar-refractivity contribution is 7.12. The molecule has 2 fully saturated rings. The lowest BCUT2D eigenvalue weighted by Gasteiger charge is -2.31. The number of rotatable bonds is 9. The Morgan fingerprint density at radius 1 is 1.21 bits per heavy atom. The molecule has 1 amide bonds. The highest BCUT2D eigenvalue weighted by Gasteiger charge is 2.24. The van der Waals surface area contributed by atoms with E-state index in [1.165, 1.54) is 37.8 Å². The number of hydrogen-bond acceptors (Lipinski definition) is 5. The molecule has 1 aromatic heterocycles. The van der Waals surface area contributed by atoms with E-state index in [0.717, 1.165) is 44.0 Å². The number of thiophene rings is 1. The topological polar surface area (TPSA) is 52.7 Å². The monoisotopic (exact) mass is 405 g/mol. The van der Waals surface area contributed by atoms with Crippen molar-refractivity contribution in [3.8, 4) is 0 Å². The van der Waals surface area contributed by atoms with Crippen LogP contribution >= 0.6 is 11.3 Å². The second-order valence-electron chi connectivity index (χ2n) is 8.36. The molecule has 5 nitrogen and oxygen atoms in total. The Balaban J connectivity index is 1.30. The lowest BCUT2D eigenvalue weighted by Crippen LogP contribution is -2.40. The fraction of sp³-hybridized carbons (Fsp3) is 0.727. The first-order valence-electron chi connectivity index (χ1n) is 10.9. The molecule has 0 aromatic carbocycles. The van der Waals surface area contributed by atoms with Crippen LogP contribution in [0.25, 0.3) is 0 Å². The lowest BCUT2D eigenvalue weighted by molar-refractivity contribution is -0.121. The predicted octanol–water partition coefficient (Wildman–Crippen LogP) is 3.54. The first kappa shape index (κ1) is 21.5. The summed E-state index contributed by atoms with van der Waals surface area (Å²) in [6.45, 7) is 10.0. The molecule has 2 saturated heterocycles. The molecule has 28 heavy (non-hydrogen) atoms. The Hall–Kier alpha value is -1.24. The van der Waals surface area contributed by atoms with Crippen LogP contribution in [-0.4, -0.2) is 60.3 Å². The lowest BCUT2D eigenvalue weighted by atomic mass is 9.92. The van der Waals surface area contributed by atoms with Gasteiger partial charge in [0, 0.05) is 25.6 Å². The first-order chi connectivity index (χ1) is 13.5. The molecule has 2 aliphatic heterocycles. The van der Waals surface area contributed by atoms with E-state index in [2.05, 4.69) is 27.4 Å². The van der Waals surface area contributed by atoms with Gasteiger partial charge < -0.3 is 5.32 Å². The summed E-state index contributed by atoms with van der Waals surface area (Å²) in [7, 11) is 0. The molecule has 1 unspecified atom stereocenters. The molecule has 0 radical (unpaired) electrons. The van der Waals surface area contributed by atoms with Crippen molar-refractivity contribution in [1.82, 2.24) is 15.1 Å². The highest BCUT2D eigenvalue weighted by Crippen LogP contribution is 2.24. The molecular formula is C22H35N3O2S. The fourth-order valence-corrected chi connectivity index (χ4v) is 5.34. The van der Waals surface area contributed by atoms with Gasteiger partial charge in [-0.15, -0.1) is 11.3 Å². The summed E-state index contributed by atoms with van der Waals surface area (Å²) >= 11 is 1.55. The van der Waals surface area contributed by atoms with Crippen molar-refractivity contribution in [3.05, 3.63) is 21.9 Å². The summed E-state index contributed by atoms with van der Waals surface area (Å²) in [4.78, 5) is 29.5. The molecular weight excluding hydrogens is 370 g/mol. The van der Waals surface area contributed by atoms with Gasteiger partial charge in [-0.25, -0.2) is 0 Å². The standard InChI is InChI=1S/C22H35N3O2S/c1-3-25-10-4-5-20(25)14-23-22(27)7-6-18-8-11-24(12-9-18)15-19-13-21(17(2)26)28-16-19/h13,16,18,20H,3-12,14-15H2,1-2H3,(H,23,27). The van der Waals surface area contributed by atoms with Gasteiger partial charge in [0.15, 0.2) is 5.78 Å². The van der Waals surface area contributed by atoms with Crippen molar-refractivity contribution >= 4 is 23.0 Å². The molecule has 2 aliphatic rings. The number of nitrogens with one attached hydrogen (secondary N) is 1. The normalized spacial score (nSPS) is 21.9. The van der Waals surface area contributed by atoms with Crippen molar-refractivity contribution < 1.29 is 9.59 Å². The SMILES string of the molecule is CCN1CCCC1CNC(=O)CCC1CCN(Cc2csc(C(C)=O)c2)CC1. The van der Waals surface area contributed by atoms with E-state index in [4.69, 9.17) is 0 Å². The van der Waals surface area contributed by atoms with Crippen LogP contribution in [0, 0.1) is 5.92 Å². The van der Waals surface area contributed by atoms with E-state index in [0.29, 0.717) is 18.4 Å². The average molecular weight is 406 g/mol. The third-order valence-electron chi connectivity index (χ3n) is 6.33. The van der Waals surface area contributed by atoms with E-state index in [9.17, 15) is 9.59 Å². The first-order valence-corrected chi connectivity index (χ1v) is 11.7. The van der Waals surface area contributed by atoms with Gasteiger partial charge >= 0.3 is 0 Å². The Kier molecular flexibility index (Phi) is 8.06. The minimum Gasteiger partial charge on any atom is -0.355 e. The van der Waals surface area contributed by atoms with Gasteiger partial charge in [0.25, 0.3) is 0 Å². The maximum Gasteiger partial charge on any atom is 0.220 e. The zero-order valence-electron chi connectivity index (χ0n) is 17.4. The number of nitrogens with zero attached hydrogens (tertiary/aromatic N) is 2. The van der Waals surface area contributed by atoms with Crippen LogP contribution in [0.1, 0.15) is 67.6 Å². The average Bonchev–Trinajstić information content (AvgIpc) is 3.35. The largest absolute Gasteiger partial charge is 0.355 e. The van der Waals surface area contributed by atoms with Crippen LogP contribution in [0.3, 0.4) is 0 Å². The minimum absolute atomic E-state index is 0.156. The number of Topliss-reactive ketones (excluding diaryl/α,β-unsaturated/α-hetero) is 1. The summed E-state index contributed by atoms with van der Waals surface area (Å²) in [6.07, 6.45) is 6.48. The molecule has 3 heterocycles. The second-order valence-corrected chi connectivity index (χ2v) is 9.27. The highest BCUT2D eigenvalue weighted by atomic mass is 32.1. The number of likely N-dealkylation sites (N-methyl/N-ethyl adjacent to an activating group) is 1. The van der Waals surface area contributed by atoms with Gasteiger partial charge in [0.1, 0.15) is 0 Å². The van der Waals surface area contributed by atoms with Crippen LogP contribution in [-0.2, 0) is 11.3 Å². The van der Waals surface area contributed by atoms with Gasteiger partial charge in [0.05, 0.1) is 4.88 Å². The Morgan fingerprint density at radius 3 is 2.68 bits per heavy atom. The Morgan fingerprint density at radius 2 is 2.00 bits per heavy atom. The quantitative estimate of drug-likeness (QED) is 0.639. The molecule has 6 heteroatoms. The van der Waals surface area contributed by atoms with Crippen molar-refractivity contribution in [2.24, 2.45) is 5.92 Å². The zero-order valence-corrected chi connectivity index (χ0v) is 18.2. The molecule has 0 bridgehead atoms.